The summed E-state index contributed by atoms with van der Waals surface area (Å²) in [6.45, 7) is 0. The van der Waals surface area contributed by atoms with Crippen LogP contribution in [0.15, 0.2) is 82.8 Å². The van der Waals surface area contributed by atoms with Crippen molar-refractivity contribution in [1.82, 2.24) is 4.98 Å². The highest BCUT2D eigenvalue weighted by molar-refractivity contribution is 8.19. The average Bonchev–Trinajstić information content (AvgIpc) is 3.01. The molecular formula is C21H15N3O3S. The summed E-state index contributed by atoms with van der Waals surface area (Å²) < 4.78 is 0. The molecule has 2 aromatic carbocycles. The number of phenols is 2. The molecule has 0 saturated carbocycles. The molecule has 0 spiro atoms. The molecule has 1 saturated heterocycles. The number of aliphatic imine (C=N–C) groups is 1. The molecule has 0 atom stereocenters. The zero-order valence-electron chi connectivity index (χ0n) is 14.6. The van der Waals surface area contributed by atoms with E-state index in [1.54, 1.807) is 30.5 Å². The molecule has 1 aromatic heterocycles. The molecule has 28 heavy (non-hydrogen) atoms. The first kappa shape index (κ1) is 17.8. The number of thioether (sulfide) groups is 1. The van der Waals surface area contributed by atoms with E-state index >= 15 is 0 Å². The van der Waals surface area contributed by atoms with Gasteiger partial charge in [0.1, 0.15) is 0 Å². The van der Waals surface area contributed by atoms with Crippen LogP contribution in [-0.4, -0.2) is 26.3 Å². The predicted octanol–water partition coefficient (Wildman–Crippen LogP) is 4.30. The van der Waals surface area contributed by atoms with Gasteiger partial charge in [0.05, 0.1) is 10.6 Å². The van der Waals surface area contributed by atoms with E-state index < -0.39 is 0 Å². The Morgan fingerprint density at radius 3 is 2.46 bits per heavy atom. The number of rotatable bonds is 3. The van der Waals surface area contributed by atoms with Crippen molar-refractivity contribution in [3.8, 4) is 11.5 Å². The van der Waals surface area contributed by atoms with E-state index in [0.29, 0.717) is 27.1 Å². The van der Waals surface area contributed by atoms with Gasteiger partial charge in [-0.1, -0.05) is 30.3 Å². The third kappa shape index (κ3) is 3.60. The molecule has 3 aromatic rings. The SMILES string of the molecule is O=C1/C(=C/c2ccc(O)c(O)c2)S/C(=N/c2ccccn2)N1c1ccccc1. The lowest BCUT2D eigenvalue weighted by atomic mass is 10.2. The summed E-state index contributed by atoms with van der Waals surface area (Å²) in [7, 11) is 0. The molecular weight excluding hydrogens is 374 g/mol. The molecule has 7 heteroatoms. The molecule has 4 rings (SSSR count). The number of nitrogens with zero attached hydrogens (tertiary/aromatic N) is 3. The highest BCUT2D eigenvalue weighted by Gasteiger charge is 2.34. The van der Waals surface area contributed by atoms with Gasteiger partial charge < -0.3 is 10.2 Å². The lowest BCUT2D eigenvalue weighted by Crippen LogP contribution is -2.28. The van der Waals surface area contributed by atoms with Crippen molar-refractivity contribution in [3.63, 3.8) is 0 Å². The average molecular weight is 389 g/mol. The normalized spacial score (nSPS) is 16.9. The molecule has 1 aliphatic rings. The fraction of sp³-hybridized carbons (Fsp3) is 0. The van der Waals surface area contributed by atoms with Gasteiger partial charge in [-0.2, -0.15) is 0 Å². The molecule has 1 fully saturated rings. The first-order valence-electron chi connectivity index (χ1n) is 8.42. The van der Waals surface area contributed by atoms with E-state index in [1.165, 1.54) is 28.8 Å². The number of carbonyl (C=O) groups is 1. The summed E-state index contributed by atoms with van der Waals surface area (Å²) in [4.78, 5) is 23.8. The Hall–Kier alpha value is -3.58. The maximum absolute atomic E-state index is 13.1. The highest BCUT2D eigenvalue weighted by atomic mass is 32.2. The Morgan fingerprint density at radius 1 is 0.964 bits per heavy atom. The van der Waals surface area contributed by atoms with Crippen LogP contribution in [0.1, 0.15) is 5.56 Å². The van der Waals surface area contributed by atoms with Gasteiger partial charge in [-0.05, 0) is 59.8 Å². The Balaban J connectivity index is 1.76. The fourth-order valence-electron chi connectivity index (χ4n) is 2.65. The number of hydrogen-bond donors (Lipinski definition) is 2. The van der Waals surface area contributed by atoms with E-state index in [0.717, 1.165) is 0 Å². The van der Waals surface area contributed by atoms with Crippen LogP contribution in [0.3, 0.4) is 0 Å². The number of pyridine rings is 1. The molecule has 6 nitrogen and oxygen atoms in total. The third-order valence-corrected chi connectivity index (χ3v) is 4.95. The van der Waals surface area contributed by atoms with Gasteiger partial charge in [0.2, 0.25) is 0 Å². The molecule has 1 amide bonds. The van der Waals surface area contributed by atoms with Gasteiger partial charge in [-0.3, -0.25) is 9.69 Å². The van der Waals surface area contributed by atoms with Crippen molar-refractivity contribution in [1.29, 1.82) is 0 Å². The molecule has 2 N–H and O–H groups in total. The minimum atomic E-state index is -0.243. The maximum Gasteiger partial charge on any atom is 0.271 e. The van der Waals surface area contributed by atoms with Crippen molar-refractivity contribution in [2.24, 2.45) is 4.99 Å². The lowest BCUT2D eigenvalue weighted by Gasteiger charge is -2.15. The van der Waals surface area contributed by atoms with E-state index in [-0.39, 0.29) is 17.4 Å². The van der Waals surface area contributed by atoms with Crippen LogP contribution in [-0.2, 0) is 4.79 Å². The van der Waals surface area contributed by atoms with Crippen LogP contribution >= 0.6 is 11.8 Å². The topological polar surface area (TPSA) is 86.0 Å². The second-order valence-corrected chi connectivity index (χ2v) is 6.93. The van der Waals surface area contributed by atoms with E-state index in [1.807, 2.05) is 36.4 Å². The summed E-state index contributed by atoms with van der Waals surface area (Å²) in [5.74, 6) is -0.177. The number of aromatic hydroxyl groups is 2. The molecule has 138 valence electrons. The largest absolute Gasteiger partial charge is 0.504 e. The van der Waals surface area contributed by atoms with Gasteiger partial charge in [0.25, 0.3) is 5.91 Å². The van der Waals surface area contributed by atoms with Crippen LogP contribution in [0.5, 0.6) is 11.5 Å². The molecule has 0 aliphatic carbocycles. The minimum Gasteiger partial charge on any atom is -0.504 e. The zero-order chi connectivity index (χ0) is 19.5. The Morgan fingerprint density at radius 2 is 1.75 bits per heavy atom. The monoisotopic (exact) mass is 389 g/mol. The van der Waals surface area contributed by atoms with Crippen LogP contribution in [0.4, 0.5) is 11.5 Å². The number of aromatic nitrogens is 1. The molecule has 0 radical (unpaired) electrons. The van der Waals surface area contributed by atoms with Crippen LogP contribution in [0.25, 0.3) is 6.08 Å². The Bertz CT molecular complexity index is 1080. The molecule has 1 aliphatic heterocycles. The van der Waals surface area contributed by atoms with Crippen LogP contribution in [0, 0.1) is 0 Å². The summed E-state index contributed by atoms with van der Waals surface area (Å²) in [6.07, 6.45) is 3.30. The van der Waals surface area contributed by atoms with Crippen molar-refractivity contribution in [3.05, 3.63) is 83.4 Å². The van der Waals surface area contributed by atoms with Gasteiger partial charge in [-0.25, -0.2) is 9.98 Å². The zero-order valence-corrected chi connectivity index (χ0v) is 15.4. The van der Waals surface area contributed by atoms with Crippen molar-refractivity contribution < 1.29 is 15.0 Å². The number of amides is 1. The van der Waals surface area contributed by atoms with E-state index in [9.17, 15) is 15.0 Å². The molecule has 0 unspecified atom stereocenters. The van der Waals surface area contributed by atoms with Crippen molar-refractivity contribution in [2.75, 3.05) is 4.90 Å². The number of hydrogen-bond acceptors (Lipinski definition) is 6. The number of anilines is 1. The number of benzene rings is 2. The van der Waals surface area contributed by atoms with Crippen molar-refractivity contribution >= 4 is 40.4 Å². The van der Waals surface area contributed by atoms with Crippen molar-refractivity contribution in [2.45, 2.75) is 0 Å². The number of carbonyl (C=O) groups excluding carboxylic acids is 1. The smallest absolute Gasteiger partial charge is 0.271 e. The second-order valence-electron chi connectivity index (χ2n) is 5.92. The van der Waals surface area contributed by atoms with Crippen LogP contribution < -0.4 is 4.90 Å². The number of phenolic OH excluding ortho intramolecular Hbond substituents is 2. The van der Waals surface area contributed by atoms with Gasteiger partial charge >= 0.3 is 0 Å². The summed E-state index contributed by atoms with van der Waals surface area (Å²) >= 11 is 1.22. The second kappa shape index (κ2) is 7.58. The molecule has 0 bridgehead atoms. The standard InChI is InChI=1S/C21H15N3O3S/c25-16-10-9-14(12-17(16)26)13-18-20(27)24(15-6-2-1-3-7-15)21(28-18)23-19-8-4-5-11-22-19/h1-13,25-26H/b18-13-,23-21+. The fourth-order valence-corrected chi connectivity index (χ4v) is 3.64. The summed E-state index contributed by atoms with van der Waals surface area (Å²) in [6, 6.07) is 19.0. The van der Waals surface area contributed by atoms with Gasteiger partial charge in [0.15, 0.2) is 22.5 Å². The summed E-state index contributed by atoms with van der Waals surface area (Å²) in [5, 5.41) is 19.7. The third-order valence-electron chi connectivity index (χ3n) is 3.98. The van der Waals surface area contributed by atoms with E-state index in [2.05, 4.69) is 9.98 Å². The maximum atomic E-state index is 13.1. The van der Waals surface area contributed by atoms with Gasteiger partial charge in [-0.15, -0.1) is 0 Å². The highest BCUT2D eigenvalue weighted by Crippen LogP contribution is 2.37. The first-order valence-corrected chi connectivity index (χ1v) is 9.24. The summed E-state index contributed by atoms with van der Waals surface area (Å²) in [5.41, 5.74) is 1.30. The van der Waals surface area contributed by atoms with Gasteiger partial charge in [0, 0.05) is 6.20 Å². The first-order chi connectivity index (χ1) is 13.6. The molecule has 2 heterocycles. The Labute approximate surface area is 165 Å². The predicted molar refractivity (Wildman–Crippen MR) is 111 cm³/mol. The number of para-hydroxylation sites is 1. The quantitative estimate of drug-likeness (QED) is 0.515. The minimum absolute atomic E-state index is 0.212. The van der Waals surface area contributed by atoms with E-state index in [4.69, 9.17) is 0 Å². The Kier molecular flexibility index (Phi) is 4.82. The lowest BCUT2D eigenvalue weighted by molar-refractivity contribution is -0.113. The number of amidine groups is 1. The van der Waals surface area contributed by atoms with Crippen LogP contribution in [0.2, 0.25) is 0 Å².